The van der Waals surface area contributed by atoms with Crippen molar-refractivity contribution in [2.45, 2.75) is 110 Å². The van der Waals surface area contributed by atoms with Crippen molar-refractivity contribution in [3.63, 3.8) is 0 Å². The van der Waals surface area contributed by atoms with Gasteiger partial charge in [-0.25, -0.2) is 4.79 Å². The first-order valence-electron chi connectivity index (χ1n) is 10.3. The fraction of sp³-hybridized carbons (Fsp3) is 0.810. The monoisotopic (exact) mass is 370 g/mol. The predicted octanol–water partition coefficient (Wildman–Crippen LogP) is 5.36. The lowest BCUT2D eigenvalue weighted by Gasteiger charge is -2.12. The Kier molecular flexibility index (Phi) is 16.2. The van der Waals surface area contributed by atoms with Crippen molar-refractivity contribution in [2.24, 2.45) is 0 Å². The molecule has 26 heavy (non-hydrogen) atoms. The molecular formula is C21H38O5. The number of aliphatic hydroxyl groups excluding tert-OH is 1. The molecule has 1 atom stereocenters. The second kappa shape index (κ2) is 17.1. The Labute approximate surface area is 158 Å². The highest BCUT2D eigenvalue weighted by molar-refractivity contribution is 5.81. The minimum absolute atomic E-state index is 0.0832. The van der Waals surface area contributed by atoms with Crippen LogP contribution in [0.15, 0.2) is 11.8 Å². The number of allylic oxidation sites excluding steroid dienone is 1. The van der Waals surface area contributed by atoms with Crippen LogP contribution in [0.1, 0.15) is 104 Å². The van der Waals surface area contributed by atoms with Crippen molar-refractivity contribution in [3.05, 3.63) is 11.8 Å². The Balaban J connectivity index is 4.11. The molecule has 0 amide bonds. The van der Waals surface area contributed by atoms with Gasteiger partial charge in [0.15, 0.2) is 0 Å². The number of carbonyl (C=O) groups is 2. The van der Waals surface area contributed by atoms with E-state index in [2.05, 4.69) is 13.8 Å². The second-order valence-corrected chi connectivity index (χ2v) is 7.00. The van der Waals surface area contributed by atoms with Crippen LogP contribution in [-0.2, 0) is 14.3 Å². The Hall–Kier alpha value is -1.36. The molecule has 1 unspecified atom stereocenters. The molecule has 2 N–H and O–H groups in total. The second-order valence-electron chi connectivity index (χ2n) is 7.00. The number of rotatable bonds is 17. The van der Waals surface area contributed by atoms with Crippen LogP contribution >= 0.6 is 0 Å². The highest BCUT2D eigenvalue weighted by Crippen LogP contribution is 2.15. The number of carboxylic acids is 1. The van der Waals surface area contributed by atoms with Crippen LogP contribution in [0.2, 0.25) is 0 Å². The molecule has 0 spiro atoms. The third kappa shape index (κ3) is 16.1. The Morgan fingerprint density at radius 3 is 2.00 bits per heavy atom. The van der Waals surface area contributed by atoms with Crippen LogP contribution in [0.4, 0.5) is 0 Å². The van der Waals surface area contributed by atoms with Crippen LogP contribution < -0.4 is 0 Å². The molecular weight excluding hydrogens is 332 g/mol. The van der Waals surface area contributed by atoms with Crippen LogP contribution in [0.5, 0.6) is 0 Å². The summed E-state index contributed by atoms with van der Waals surface area (Å²) in [6.07, 6.45) is 13.2. The average molecular weight is 371 g/mol. The van der Waals surface area contributed by atoms with E-state index in [1.807, 2.05) is 0 Å². The fourth-order valence-electron chi connectivity index (χ4n) is 2.84. The molecule has 0 aliphatic rings. The maximum absolute atomic E-state index is 11.9. The minimum Gasteiger partial charge on any atom is -0.478 e. The number of aliphatic carboxylic acids is 1. The van der Waals surface area contributed by atoms with E-state index in [1.165, 1.54) is 25.7 Å². The van der Waals surface area contributed by atoms with Gasteiger partial charge in [-0.2, -0.15) is 0 Å². The van der Waals surface area contributed by atoms with E-state index in [4.69, 9.17) is 9.84 Å². The van der Waals surface area contributed by atoms with Gasteiger partial charge >= 0.3 is 11.9 Å². The molecule has 152 valence electrons. The number of ether oxygens (including phenoxy) is 1. The summed E-state index contributed by atoms with van der Waals surface area (Å²) in [6.45, 7) is 4.30. The maximum atomic E-state index is 11.9. The number of aliphatic hydroxyl groups is 1. The molecule has 0 aromatic rings. The summed E-state index contributed by atoms with van der Waals surface area (Å²) in [7, 11) is 0. The number of carbonyl (C=O) groups excluding carboxylic acids is 1. The highest BCUT2D eigenvalue weighted by atomic mass is 16.5. The molecule has 0 aromatic carbocycles. The maximum Gasteiger partial charge on any atom is 0.331 e. The molecule has 0 heterocycles. The summed E-state index contributed by atoms with van der Waals surface area (Å²) >= 11 is 0. The van der Waals surface area contributed by atoms with Crippen molar-refractivity contribution in [1.29, 1.82) is 0 Å². The molecule has 0 aliphatic heterocycles. The number of carboxylic acid groups (broad SMARTS) is 1. The number of hydrogen-bond acceptors (Lipinski definition) is 4. The molecule has 0 saturated carbocycles. The SMILES string of the molecule is CCCCCCCCCC(=CC(=O)O)OC(=O)CC(O)CCCCCC. The van der Waals surface area contributed by atoms with Crippen LogP contribution in [0.25, 0.3) is 0 Å². The van der Waals surface area contributed by atoms with Crippen molar-refractivity contribution >= 4 is 11.9 Å². The molecule has 0 saturated heterocycles. The third-order valence-electron chi connectivity index (χ3n) is 4.35. The summed E-state index contributed by atoms with van der Waals surface area (Å²) in [6, 6.07) is 0. The van der Waals surface area contributed by atoms with E-state index in [1.54, 1.807) is 0 Å². The number of hydrogen-bond donors (Lipinski definition) is 2. The molecule has 5 nitrogen and oxygen atoms in total. The van der Waals surface area contributed by atoms with Gasteiger partial charge in [-0.15, -0.1) is 0 Å². The van der Waals surface area contributed by atoms with E-state index in [-0.39, 0.29) is 12.2 Å². The minimum atomic E-state index is -1.11. The van der Waals surface area contributed by atoms with Crippen molar-refractivity contribution in [1.82, 2.24) is 0 Å². The van der Waals surface area contributed by atoms with Crippen LogP contribution in [0.3, 0.4) is 0 Å². The quantitative estimate of drug-likeness (QED) is 0.156. The number of unbranched alkanes of at least 4 members (excludes halogenated alkanes) is 9. The zero-order valence-corrected chi connectivity index (χ0v) is 16.7. The van der Waals surface area contributed by atoms with E-state index < -0.39 is 18.0 Å². The lowest BCUT2D eigenvalue weighted by atomic mass is 10.1. The summed E-state index contributed by atoms with van der Waals surface area (Å²) < 4.78 is 5.19. The fourth-order valence-corrected chi connectivity index (χ4v) is 2.84. The van der Waals surface area contributed by atoms with Crippen molar-refractivity contribution in [3.8, 4) is 0 Å². The average Bonchev–Trinajstić information content (AvgIpc) is 2.57. The molecule has 0 bridgehead atoms. The van der Waals surface area contributed by atoms with Gasteiger partial charge < -0.3 is 14.9 Å². The van der Waals surface area contributed by atoms with Gasteiger partial charge in [0.05, 0.1) is 18.6 Å². The van der Waals surface area contributed by atoms with Gasteiger partial charge in [-0.1, -0.05) is 78.1 Å². The largest absolute Gasteiger partial charge is 0.478 e. The number of esters is 1. The summed E-state index contributed by atoms with van der Waals surface area (Å²) in [5.41, 5.74) is 0. The van der Waals surface area contributed by atoms with Gasteiger partial charge in [0.1, 0.15) is 5.76 Å². The van der Waals surface area contributed by atoms with Gasteiger partial charge in [-0.3, -0.25) is 4.79 Å². The lowest BCUT2D eigenvalue weighted by molar-refractivity contribution is -0.142. The summed E-state index contributed by atoms with van der Waals surface area (Å²) in [5.74, 6) is -1.48. The smallest absolute Gasteiger partial charge is 0.331 e. The van der Waals surface area contributed by atoms with Crippen molar-refractivity contribution in [2.75, 3.05) is 0 Å². The van der Waals surface area contributed by atoms with Gasteiger partial charge in [0.2, 0.25) is 0 Å². The Morgan fingerprint density at radius 2 is 1.42 bits per heavy atom. The van der Waals surface area contributed by atoms with E-state index >= 15 is 0 Å². The predicted molar refractivity (Wildman–Crippen MR) is 104 cm³/mol. The summed E-state index contributed by atoms with van der Waals surface area (Å²) in [5, 5.41) is 18.8. The third-order valence-corrected chi connectivity index (χ3v) is 4.35. The first kappa shape index (κ1) is 24.6. The van der Waals surface area contributed by atoms with Crippen LogP contribution in [0, 0.1) is 0 Å². The van der Waals surface area contributed by atoms with Gasteiger partial charge in [0, 0.05) is 6.42 Å². The molecule has 0 radical (unpaired) electrons. The normalized spacial score (nSPS) is 12.8. The molecule has 0 aromatic heterocycles. The molecule has 0 aliphatic carbocycles. The molecule has 0 fully saturated rings. The first-order valence-corrected chi connectivity index (χ1v) is 10.3. The topological polar surface area (TPSA) is 83.8 Å². The zero-order valence-electron chi connectivity index (χ0n) is 16.7. The van der Waals surface area contributed by atoms with Gasteiger partial charge in [-0.05, 0) is 12.8 Å². The standard InChI is InChI=1S/C21H38O5/c1-3-5-7-9-10-11-13-15-19(17-20(23)24)26-21(25)16-18(22)14-12-8-6-4-2/h17-18,22H,3-16H2,1-2H3,(H,23,24). The lowest BCUT2D eigenvalue weighted by Crippen LogP contribution is -2.16. The van der Waals surface area contributed by atoms with Crippen LogP contribution in [-0.4, -0.2) is 28.3 Å². The van der Waals surface area contributed by atoms with E-state index in [0.717, 1.165) is 51.0 Å². The highest BCUT2D eigenvalue weighted by Gasteiger charge is 2.14. The molecule has 5 heteroatoms. The van der Waals surface area contributed by atoms with E-state index in [0.29, 0.717) is 12.8 Å². The van der Waals surface area contributed by atoms with E-state index in [9.17, 15) is 14.7 Å². The van der Waals surface area contributed by atoms with Gasteiger partial charge in [0.25, 0.3) is 0 Å². The summed E-state index contributed by atoms with van der Waals surface area (Å²) in [4.78, 5) is 22.8. The zero-order chi connectivity index (χ0) is 19.6. The first-order chi connectivity index (χ1) is 12.5. The molecule has 0 rings (SSSR count). The Morgan fingerprint density at radius 1 is 0.885 bits per heavy atom. The van der Waals surface area contributed by atoms with Crippen molar-refractivity contribution < 1.29 is 24.5 Å². The Bertz CT molecular complexity index is 403.